The summed E-state index contributed by atoms with van der Waals surface area (Å²) in [6.07, 6.45) is 6.17. The summed E-state index contributed by atoms with van der Waals surface area (Å²) < 4.78 is 5.82. The van der Waals surface area contributed by atoms with Gasteiger partial charge in [0.05, 0.1) is 11.3 Å². The molecular formula is C17H20N6O2. The highest BCUT2D eigenvalue weighted by Crippen LogP contribution is 2.24. The smallest absolute Gasteiger partial charge is 0.255 e. The highest BCUT2D eigenvalue weighted by molar-refractivity contribution is 5.96. The van der Waals surface area contributed by atoms with E-state index < -0.39 is 0 Å². The van der Waals surface area contributed by atoms with Crippen molar-refractivity contribution >= 4 is 5.91 Å². The van der Waals surface area contributed by atoms with Gasteiger partial charge in [0.2, 0.25) is 5.69 Å². The van der Waals surface area contributed by atoms with Crippen molar-refractivity contribution in [2.45, 2.75) is 51.7 Å². The number of aromatic nitrogens is 4. The van der Waals surface area contributed by atoms with Crippen molar-refractivity contribution in [2.75, 3.05) is 0 Å². The molecule has 8 nitrogen and oxygen atoms in total. The molecule has 0 spiro atoms. The second-order valence-corrected chi connectivity index (χ2v) is 6.20. The molecule has 0 aromatic carbocycles. The molecule has 2 heterocycles. The second-order valence-electron chi connectivity index (χ2n) is 6.20. The van der Waals surface area contributed by atoms with Crippen molar-refractivity contribution in [1.29, 1.82) is 5.26 Å². The Labute approximate surface area is 145 Å². The van der Waals surface area contributed by atoms with Crippen LogP contribution >= 0.6 is 0 Å². The van der Waals surface area contributed by atoms with E-state index in [2.05, 4.69) is 25.5 Å². The average molecular weight is 340 g/mol. The number of rotatable bonds is 4. The SMILES string of the molecule is Cc1n[nH]c(C)c1C(=O)NC1CCC(Oc2nccnc2C#N)CC1. The quantitative estimate of drug-likeness (QED) is 0.876. The maximum Gasteiger partial charge on any atom is 0.255 e. The minimum atomic E-state index is -0.0891. The molecule has 0 bridgehead atoms. The van der Waals surface area contributed by atoms with Crippen LogP contribution in [-0.2, 0) is 0 Å². The minimum Gasteiger partial charge on any atom is -0.472 e. The van der Waals surface area contributed by atoms with Crippen molar-refractivity contribution in [3.8, 4) is 11.9 Å². The van der Waals surface area contributed by atoms with E-state index in [-0.39, 0.29) is 29.6 Å². The molecule has 0 unspecified atom stereocenters. The standard InChI is InChI=1S/C17H20N6O2/c1-10-15(11(2)23-22-10)16(24)21-12-3-5-13(6-4-12)25-17-14(9-18)19-7-8-20-17/h7-8,12-13H,3-6H2,1-2H3,(H,21,24)(H,22,23). The first-order chi connectivity index (χ1) is 12.1. The lowest BCUT2D eigenvalue weighted by atomic mass is 9.92. The van der Waals surface area contributed by atoms with Gasteiger partial charge in [-0.15, -0.1) is 0 Å². The van der Waals surface area contributed by atoms with E-state index in [9.17, 15) is 4.79 Å². The Morgan fingerprint density at radius 3 is 2.64 bits per heavy atom. The van der Waals surface area contributed by atoms with Crippen LogP contribution < -0.4 is 10.1 Å². The van der Waals surface area contributed by atoms with Gasteiger partial charge < -0.3 is 10.1 Å². The maximum absolute atomic E-state index is 12.4. The zero-order valence-corrected chi connectivity index (χ0v) is 14.2. The zero-order chi connectivity index (χ0) is 17.8. The van der Waals surface area contributed by atoms with E-state index in [1.165, 1.54) is 12.4 Å². The average Bonchev–Trinajstić information content (AvgIpc) is 2.95. The maximum atomic E-state index is 12.4. The van der Waals surface area contributed by atoms with Gasteiger partial charge in [0.1, 0.15) is 12.2 Å². The van der Waals surface area contributed by atoms with Gasteiger partial charge in [-0.05, 0) is 39.5 Å². The Bertz CT molecular complexity index is 782. The molecule has 2 aromatic heterocycles. The van der Waals surface area contributed by atoms with E-state index in [4.69, 9.17) is 10.00 Å². The Kier molecular flexibility index (Phi) is 4.93. The lowest BCUT2D eigenvalue weighted by Crippen LogP contribution is -2.40. The molecule has 2 aromatic rings. The second kappa shape index (κ2) is 7.30. The number of aryl methyl sites for hydroxylation is 2. The fourth-order valence-electron chi connectivity index (χ4n) is 3.11. The van der Waals surface area contributed by atoms with E-state index >= 15 is 0 Å². The number of H-pyrrole nitrogens is 1. The largest absolute Gasteiger partial charge is 0.472 e. The van der Waals surface area contributed by atoms with Crippen LogP contribution in [0.15, 0.2) is 12.4 Å². The van der Waals surface area contributed by atoms with E-state index in [1.807, 2.05) is 19.9 Å². The highest BCUT2D eigenvalue weighted by Gasteiger charge is 2.26. The van der Waals surface area contributed by atoms with Crippen LogP contribution in [0.5, 0.6) is 5.88 Å². The normalized spacial score (nSPS) is 19.9. The minimum absolute atomic E-state index is 0.0191. The number of carbonyl (C=O) groups is 1. The third-order valence-electron chi connectivity index (χ3n) is 4.41. The Morgan fingerprint density at radius 1 is 1.28 bits per heavy atom. The molecule has 1 aliphatic rings. The van der Waals surface area contributed by atoms with Crippen LogP contribution in [0.4, 0.5) is 0 Å². The third kappa shape index (κ3) is 3.76. The summed E-state index contributed by atoms with van der Waals surface area (Å²) in [5, 5.41) is 19.0. The molecule has 8 heteroatoms. The Balaban J connectivity index is 1.54. The summed E-state index contributed by atoms with van der Waals surface area (Å²) in [7, 11) is 0. The van der Waals surface area contributed by atoms with Crippen molar-refractivity contribution in [1.82, 2.24) is 25.5 Å². The Hall–Kier alpha value is -2.95. The van der Waals surface area contributed by atoms with Gasteiger partial charge in [0.25, 0.3) is 11.8 Å². The molecule has 0 atom stereocenters. The lowest BCUT2D eigenvalue weighted by molar-refractivity contribution is 0.0888. The molecule has 25 heavy (non-hydrogen) atoms. The first-order valence-corrected chi connectivity index (χ1v) is 8.28. The Morgan fingerprint density at radius 2 is 2.00 bits per heavy atom. The van der Waals surface area contributed by atoms with Gasteiger partial charge in [0, 0.05) is 24.1 Å². The number of nitriles is 1. The van der Waals surface area contributed by atoms with Gasteiger partial charge in [0.15, 0.2) is 0 Å². The van der Waals surface area contributed by atoms with E-state index in [0.29, 0.717) is 11.3 Å². The van der Waals surface area contributed by atoms with Crippen LogP contribution in [-0.4, -0.2) is 38.2 Å². The van der Waals surface area contributed by atoms with Gasteiger partial charge >= 0.3 is 0 Å². The first-order valence-electron chi connectivity index (χ1n) is 8.28. The van der Waals surface area contributed by atoms with Crippen LogP contribution in [0.3, 0.4) is 0 Å². The van der Waals surface area contributed by atoms with Gasteiger partial charge in [-0.3, -0.25) is 9.89 Å². The fourth-order valence-corrected chi connectivity index (χ4v) is 3.11. The number of ether oxygens (including phenoxy) is 1. The van der Waals surface area contributed by atoms with Gasteiger partial charge in [-0.25, -0.2) is 9.97 Å². The monoisotopic (exact) mass is 340 g/mol. The lowest BCUT2D eigenvalue weighted by Gasteiger charge is -2.29. The third-order valence-corrected chi connectivity index (χ3v) is 4.41. The first kappa shape index (κ1) is 16.9. The van der Waals surface area contributed by atoms with Crippen LogP contribution in [0.1, 0.15) is 53.1 Å². The molecule has 1 amide bonds. The topological polar surface area (TPSA) is 117 Å². The summed E-state index contributed by atoms with van der Waals surface area (Å²) in [5.41, 5.74) is 2.30. The molecule has 1 fully saturated rings. The molecule has 0 radical (unpaired) electrons. The van der Waals surface area contributed by atoms with Crippen molar-refractivity contribution in [2.24, 2.45) is 0 Å². The molecular weight excluding hydrogens is 320 g/mol. The number of nitrogens with zero attached hydrogens (tertiary/aromatic N) is 4. The van der Waals surface area contributed by atoms with E-state index in [0.717, 1.165) is 31.4 Å². The number of carbonyl (C=O) groups excluding carboxylic acids is 1. The van der Waals surface area contributed by atoms with Crippen LogP contribution in [0.25, 0.3) is 0 Å². The molecule has 0 saturated heterocycles. The van der Waals surface area contributed by atoms with Crippen LogP contribution in [0, 0.1) is 25.2 Å². The number of hydrogen-bond acceptors (Lipinski definition) is 6. The number of nitrogens with one attached hydrogen (secondary N) is 2. The molecule has 0 aliphatic heterocycles. The van der Waals surface area contributed by atoms with Crippen molar-refractivity contribution < 1.29 is 9.53 Å². The predicted molar refractivity (Wildman–Crippen MR) is 88.9 cm³/mol. The summed E-state index contributed by atoms with van der Waals surface area (Å²) in [6.45, 7) is 3.66. The molecule has 130 valence electrons. The number of aromatic amines is 1. The summed E-state index contributed by atoms with van der Waals surface area (Å²) in [4.78, 5) is 20.4. The molecule has 1 saturated carbocycles. The summed E-state index contributed by atoms with van der Waals surface area (Å²) in [6, 6.07) is 2.09. The zero-order valence-electron chi connectivity index (χ0n) is 14.2. The fraction of sp³-hybridized carbons (Fsp3) is 0.471. The van der Waals surface area contributed by atoms with Gasteiger partial charge in [-0.2, -0.15) is 10.4 Å². The molecule has 1 aliphatic carbocycles. The summed E-state index contributed by atoms with van der Waals surface area (Å²) in [5.74, 6) is 0.191. The number of amides is 1. The van der Waals surface area contributed by atoms with Crippen molar-refractivity contribution in [3.63, 3.8) is 0 Å². The van der Waals surface area contributed by atoms with Crippen molar-refractivity contribution in [3.05, 3.63) is 35.0 Å². The van der Waals surface area contributed by atoms with Gasteiger partial charge in [-0.1, -0.05) is 0 Å². The molecule has 2 N–H and O–H groups in total. The number of hydrogen-bond donors (Lipinski definition) is 2. The molecule has 3 rings (SSSR count). The highest BCUT2D eigenvalue weighted by atomic mass is 16.5. The van der Waals surface area contributed by atoms with E-state index in [1.54, 1.807) is 0 Å². The summed E-state index contributed by atoms with van der Waals surface area (Å²) >= 11 is 0. The predicted octanol–water partition coefficient (Wildman–Crippen LogP) is 1.81. The van der Waals surface area contributed by atoms with Crippen LogP contribution in [0.2, 0.25) is 0 Å².